The first kappa shape index (κ1) is 18.3. The summed E-state index contributed by atoms with van der Waals surface area (Å²) in [7, 11) is -2.68. The lowest BCUT2D eigenvalue weighted by Crippen LogP contribution is -2.40. The minimum Gasteiger partial charge on any atom is -0.497 e. The summed E-state index contributed by atoms with van der Waals surface area (Å²) < 4.78 is 32.9. The average molecular weight is 406 g/mol. The SMILES string of the molecule is COc1ccc(P2CC3CC2CN3S(=O)(=O)c2ccccc2[N+](=O)[O-])cc1. The normalized spacial score (nSPS) is 24.9. The molecule has 7 nitrogen and oxygen atoms in total. The topological polar surface area (TPSA) is 89.8 Å². The highest BCUT2D eigenvalue weighted by Crippen LogP contribution is 2.56. The van der Waals surface area contributed by atoms with Crippen LogP contribution in [0.2, 0.25) is 0 Å². The molecule has 2 heterocycles. The van der Waals surface area contributed by atoms with Crippen LogP contribution >= 0.6 is 7.92 Å². The van der Waals surface area contributed by atoms with Gasteiger partial charge in [-0.15, -0.1) is 0 Å². The van der Waals surface area contributed by atoms with E-state index in [1.807, 2.05) is 12.1 Å². The van der Waals surface area contributed by atoms with Crippen LogP contribution in [0.3, 0.4) is 0 Å². The molecule has 2 bridgehead atoms. The summed E-state index contributed by atoms with van der Waals surface area (Å²) in [5, 5.41) is 12.5. The zero-order valence-corrected chi connectivity index (χ0v) is 16.4. The van der Waals surface area contributed by atoms with Gasteiger partial charge in [0.05, 0.1) is 12.0 Å². The molecule has 0 spiro atoms. The molecule has 0 saturated carbocycles. The van der Waals surface area contributed by atoms with E-state index < -0.39 is 22.9 Å². The highest BCUT2D eigenvalue weighted by Gasteiger charge is 2.50. The maximum atomic E-state index is 13.1. The van der Waals surface area contributed by atoms with Crippen LogP contribution in [0.15, 0.2) is 53.4 Å². The fourth-order valence-electron chi connectivity index (χ4n) is 3.97. The smallest absolute Gasteiger partial charge is 0.289 e. The predicted molar refractivity (Wildman–Crippen MR) is 104 cm³/mol. The molecule has 9 heteroatoms. The Kier molecular flexibility index (Phi) is 4.66. The zero-order valence-electron chi connectivity index (χ0n) is 14.7. The van der Waals surface area contributed by atoms with Crippen molar-refractivity contribution in [1.82, 2.24) is 4.31 Å². The van der Waals surface area contributed by atoms with E-state index in [4.69, 9.17) is 4.74 Å². The number of nitro groups is 1. The van der Waals surface area contributed by atoms with Crippen molar-refractivity contribution in [2.75, 3.05) is 19.8 Å². The van der Waals surface area contributed by atoms with Crippen molar-refractivity contribution >= 4 is 28.9 Å². The quantitative estimate of drug-likeness (QED) is 0.433. The van der Waals surface area contributed by atoms with Gasteiger partial charge in [0.2, 0.25) is 10.0 Å². The number of nitrogens with zero attached hydrogens (tertiary/aromatic N) is 2. The van der Waals surface area contributed by atoms with Crippen molar-refractivity contribution in [2.45, 2.75) is 23.0 Å². The standard InChI is InChI=1S/C18H19N2O5PS/c1-25-14-6-8-15(9-7-14)26-12-13-10-16(26)11-19(13)27(23,24)18-5-3-2-4-17(18)20(21)22/h2-9,13,16H,10-12H2,1H3. The third-order valence-corrected chi connectivity index (χ3v) is 10.2. The van der Waals surface area contributed by atoms with Crippen molar-refractivity contribution in [1.29, 1.82) is 0 Å². The molecule has 4 rings (SSSR count). The van der Waals surface area contributed by atoms with Crippen molar-refractivity contribution in [3.63, 3.8) is 0 Å². The Labute approximate surface area is 158 Å². The van der Waals surface area contributed by atoms with Crippen LogP contribution in [-0.2, 0) is 10.0 Å². The fourth-order valence-corrected chi connectivity index (χ4v) is 9.16. The van der Waals surface area contributed by atoms with Gasteiger partial charge in [-0.25, -0.2) is 8.42 Å². The van der Waals surface area contributed by atoms with Crippen molar-refractivity contribution < 1.29 is 18.1 Å². The van der Waals surface area contributed by atoms with Crippen LogP contribution in [0.5, 0.6) is 5.75 Å². The fraction of sp³-hybridized carbons (Fsp3) is 0.333. The Bertz CT molecular complexity index is 980. The molecule has 0 N–H and O–H groups in total. The maximum absolute atomic E-state index is 13.1. The van der Waals surface area contributed by atoms with Gasteiger partial charge in [-0.05, 0) is 41.7 Å². The van der Waals surface area contributed by atoms with Gasteiger partial charge in [0.1, 0.15) is 5.75 Å². The van der Waals surface area contributed by atoms with Gasteiger partial charge in [-0.3, -0.25) is 10.1 Å². The van der Waals surface area contributed by atoms with Crippen LogP contribution in [0, 0.1) is 10.1 Å². The molecule has 27 heavy (non-hydrogen) atoms. The summed E-state index contributed by atoms with van der Waals surface area (Å²) in [4.78, 5) is 10.4. The van der Waals surface area contributed by atoms with Gasteiger partial charge in [0.25, 0.3) is 5.69 Å². The lowest BCUT2D eigenvalue weighted by molar-refractivity contribution is -0.387. The molecule has 0 aliphatic carbocycles. The molecule has 0 aromatic heterocycles. The first-order valence-electron chi connectivity index (χ1n) is 8.58. The molecule has 2 aliphatic heterocycles. The first-order chi connectivity index (χ1) is 12.9. The third-order valence-electron chi connectivity index (χ3n) is 5.24. The van der Waals surface area contributed by atoms with E-state index in [1.54, 1.807) is 7.11 Å². The number of rotatable bonds is 5. The van der Waals surface area contributed by atoms with E-state index in [0.29, 0.717) is 6.54 Å². The number of ether oxygens (including phenoxy) is 1. The molecule has 2 aromatic carbocycles. The third kappa shape index (κ3) is 3.12. The van der Waals surface area contributed by atoms with E-state index in [-0.39, 0.29) is 22.3 Å². The molecular formula is C18H19N2O5PS. The molecular weight excluding hydrogens is 387 g/mol. The van der Waals surface area contributed by atoms with E-state index >= 15 is 0 Å². The highest BCUT2D eigenvalue weighted by atomic mass is 32.2. The molecule has 2 fully saturated rings. The molecule has 3 unspecified atom stereocenters. The van der Waals surface area contributed by atoms with Crippen LogP contribution in [-0.4, -0.2) is 49.2 Å². The van der Waals surface area contributed by atoms with Crippen LogP contribution in [0.4, 0.5) is 5.69 Å². The predicted octanol–water partition coefficient (Wildman–Crippen LogP) is 2.56. The highest BCUT2D eigenvalue weighted by molar-refractivity contribution is 7.89. The van der Waals surface area contributed by atoms with Gasteiger partial charge >= 0.3 is 0 Å². The summed E-state index contributed by atoms with van der Waals surface area (Å²) in [6, 6.07) is 13.5. The molecule has 0 radical (unpaired) electrons. The minimum absolute atomic E-state index is 0.0898. The number of hydrogen-bond acceptors (Lipinski definition) is 5. The van der Waals surface area contributed by atoms with Crippen molar-refractivity contribution in [2.24, 2.45) is 0 Å². The Hall–Kier alpha value is -2.02. The second kappa shape index (κ2) is 6.86. The first-order valence-corrected chi connectivity index (χ1v) is 11.6. The average Bonchev–Trinajstić information content (AvgIpc) is 3.29. The van der Waals surface area contributed by atoms with Crippen molar-refractivity contribution in [3.8, 4) is 5.75 Å². The molecule has 2 aromatic rings. The minimum atomic E-state index is -3.88. The number of para-hydroxylation sites is 1. The second-order valence-electron chi connectivity index (χ2n) is 6.69. The van der Waals surface area contributed by atoms with E-state index in [1.165, 1.54) is 33.9 Å². The Morgan fingerprint density at radius 1 is 1.19 bits per heavy atom. The lowest BCUT2D eigenvalue weighted by Gasteiger charge is -2.31. The number of hydrogen-bond donors (Lipinski definition) is 0. The Balaban J connectivity index is 1.58. The molecule has 142 valence electrons. The number of methoxy groups -OCH3 is 1. The monoisotopic (exact) mass is 406 g/mol. The molecule has 2 aliphatic rings. The molecule has 2 saturated heterocycles. The van der Waals surface area contributed by atoms with Crippen LogP contribution < -0.4 is 10.0 Å². The maximum Gasteiger partial charge on any atom is 0.289 e. The summed E-state index contributed by atoms with van der Waals surface area (Å²) in [5.41, 5.74) is -0.0753. The second-order valence-corrected chi connectivity index (χ2v) is 11.1. The van der Waals surface area contributed by atoms with Gasteiger partial charge < -0.3 is 4.74 Å². The van der Waals surface area contributed by atoms with E-state index in [9.17, 15) is 18.5 Å². The Morgan fingerprint density at radius 2 is 1.89 bits per heavy atom. The molecule has 0 amide bonds. The Morgan fingerprint density at radius 3 is 2.48 bits per heavy atom. The van der Waals surface area contributed by atoms with Gasteiger partial charge in [-0.1, -0.05) is 32.2 Å². The number of benzene rings is 2. The van der Waals surface area contributed by atoms with Crippen molar-refractivity contribution in [3.05, 3.63) is 58.6 Å². The summed E-state index contributed by atoms with van der Waals surface area (Å²) >= 11 is 0. The number of fused-ring (bicyclic) bond motifs is 2. The van der Waals surface area contributed by atoms with Gasteiger partial charge in [0, 0.05) is 18.7 Å². The van der Waals surface area contributed by atoms with Gasteiger partial charge in [-0.2, -0.15) is 4.31 Å². The molecule has 3 atom stereocenters. The van der Waals surface area contributed by atoms with E-state index in [2.05, 4.69) is 12.1 Å². The summed E-state index contributed by atoms with van der Waals surface area (Å²) in [6.07, 6.45) is 1.61. The number of nitro benzene ring substituents is 1. The summed E-state index contributed by atoms with van der Waals surface area (Å²) in [6.45, 7) is 0.427. The van der Waals surface area contributed by atoms with E-state index in [0.717, 1.165) is 18.3 Å². The zero-order chi connectivity index (χ0) is 19.2. The van der Waals surface area contributed by atoms with Gasteiger partial charge in [0.15, 0.2) is 4.90 Å². The number of sulfonamides is 1. The van der Waals surface area contributed by atoms with Crippen LogP contribution in [0.1, 0.15) is 6.42 Å². The summed E-state index contributed by atoms with van der Waals surface area (Å²) in [5.74, 6) is 0.804. The lowest BCUT2D eigenvalue weighted by atomic mass is 10.3. The largest absolute Gasteiger partial charge is 0.497 e. The van der Waals surface area contributed by atoms with Crippen LogP contribution in [0.25, 0.3) is 0 Å².